The SMILES string of the molecule is [C-]#[N+]c1ccc(N(CC)CC)cc1OC. The van der Waals surface area contributed by atoms with E-state index in [1.807, 2.05) is 12.1 Å². The van der Waals surface area contributed by atoms with E-state index in [9.17, 15) is 0 Å². The molecule has 0 spiro atoms. The van der Waals surface area contributed by atoms with Crippen LogP contribution in [0.25, 0.3) is 4.85 Å². The molecular formula is C12H16N2O. The van der Waals surface area contributed by atoms with Gasteiger partial charge in [0.2, 0.25) is 5.69 Å². The highest BCUT2D eigenvalue weighted by Crippen LogP contribution is 2.31. The molecule has 0 aliphatic heterocycles. The van der Waals surface area contributed by atoms with E-state index in [-0.39, 0.29) is 0 Å². The molecule has 0 aromatic heterocycles. The first-order valence-corrected chi connectivity index (χ1v) is 5.07. The van der Waals surface area contributed by atoms with Crippen LogP contribution in [0, 0.1) is 6.57 Å². The fraction of sp³-hybridized carbons (Fsp3) is 0.417. The van der Waals surface area contributed by atoms with Gasteiger partial charge in [-0.2, -0.15) is 0 Å². The number of methoxy groups -OCH3 is 1. The molecule has 1 rings (SSSR count). The zero-order valence-electron chi connectivity index (χ0n) is 9.45. The first kappa shape index (κ1) is 11.4. The zero-order chi connectivity index (χ0) is 11.3. The fourth-order valence-electron chi connectivity index (χ4n) is 1.54. The summed E-state index contributed by atoms with van der Waals surface area (Å²) in [6, 6.07) is 5.68. The van der Waals surface area contributed by atoms with Crippen LogP contribution >= 0.6 is 0 Å². The Labute approximate surface area is 91.1 Å². The molecule has 15 heavy (non-hydrogen) atoms. The molecule has 0 atom stereocenters. The Morgan fingerprint density at radius 2 is 2.00 bits per heavy atom. The minimum Gasteiger partial charge on any atom is -0.508 e. The summed E-state index contributed by atoms with van der Waals surface area (Å²) in [7, 11) is 1.59. The van der Waals surface area contributed by atoms with Crippen molar-refractivity contribution in [2.75, 3.05) is 25.1 Å². The predicted molar refractivity (Wildman–Crippen MR) is 62.8 cm³/mol. The number of anilines is 1. The van der Waals surface area contributed by atoms with Crippen molar-refractivity contribution in [1.29, 1.82) is 0 Å². The molecule has 0 radical (unpaired) electrons. The van der Waals surface area contributed by atoms with Crippen LogP contribution in [0.15, 0.2) is 18.2 Å². The van der Waals surface area contributed by atoms with Crippen LogP contribution in [-0.4, -0.2) is 20.2 Å². The second-order valence-corrected chi connectivity index (χ2v) is 3.14. The molecule has 0 saturated heterocycles. The normalized spacial score (nSPS) is 9.47. The van der Waals surface area contributed by atoms with Gasteiger partial charge < -0.3 is 9.64 Å². The summed E-state index contributed by atoms with van der Waals surface area (Å²) in [4.78, 5) is 5.62. The smallest absolute Gasteiger partial charge is 0.228 e. The Bertz CT molecular complexity index is 364. The molecule has 0 amide bonds. The first-order chi connectivity index (χ1) is 7.26. The highest BCUT2D eigenvalue weighted by atomic mass is 16.5. The van der Waals surface area contributed by atoms with Crippen LogP contribution in [0.4, 0.5) is 11.4 Å². The number of hydrogen-bond donors (Lipinski definition) is 0. The molecule has 0 heterocycles. The van der Waals surface area contributed by atoms with E-state index in [2.05, 4.69) is 23.6 Å². The summed E-state index contributed by atoms with van der Waals surface area (Å²) in [5.74, 6) is 0.648. The minimum absolute atomic E-state index is 0.563. The molecule has 1 aromatic carbocycles. The van der Waals surface area contributed by atoms with Crippen molar-refractivity contribution in [3.8, 4) is 5.75 Å². The molecule has 0 unspecified atom stereocenters. The van der Waals surface area contributed by atoms with Crippen LogP contribution in [0.5, 0.6) is 5.75 Å². The fourth-order valence-corrected chi connectivity index (χ4v) is 1.54. The van der Waals surface area contributed by atoms with Crippen molar-refractivity contribution < 1.29 is 4.74 Å². The summed E-state index contributed by atoms with van der Waals surface area (Å²) in [5, 5.41) is 0. The van der Waals surface area contributed by atoms with Crippen molar-refractivity contribution in [3.05, 3.63) is 29.6 Å². The topological polar surface area (TPSA) is 16.8 Å². The summed E-state index contributed by atoms with van der Waals surface area (Å²) in [6.07, 6.45) is 0. The Kier molecular flexibility index (Phi) is 3.99. The quantitative estimate of drug-likeness (QED) is 0.701. The number of hydrogen-bond acceptors (Lipinski definition) is 2. The Morgan fingerprint density at radius 1 is 1.33 bits per heavy atom. The summed E-state index contributed by atoms with van der Waals surface area (Å²) in [5.41, 5.74) is 1.66. The van der Waals surface area contributed by atoms with Gasteiger partial charge in [0.15, 0.2) is 0 Å². The molecule has 3 heteroatoms. The second-order valence-electron chi connectivity index (χ2n) is 3.14. The number of nitrogens with zero attached hydrogens (tertiary/aromatic N) is 2. The van der Waals surface area contributed by atoms with E-state index in [0.29, 0.717) is 11.4 Å². The molecule has 0 aliphatic carbocycles. The average Bonchev–Trinajstić information content (AvgIpc) is 2.30. The number of ether oxygens (including phenoxy) is 1. The Morgan fingerprint density at radius 3 is 2.47 bits per heavy atom. The first-order valence-electron chi connectivity index (χ1n) is 5.07. The predicted octanol–water partition coefficient (Wildman–Crippen LogP) is 3.09. The highest BCUT2D eigenvalue weighted by Gasteiger charge is 2.07. The van der Waals surface area contributed by atoms with Crippen LogP contribution < -0.4 is 9.64 Å². The Balaban J connectivity index is 3.08. The van der Waals surface area contributed by atoms with Gasteiger partial charge in [0.25, 0.3) is 0 Å². The lowest BCUT2D eigenvalue weighted by Crippen LogP contribution is -2.21. The van der Waals surface area contributed by atoms with Gasteiger partial charge in [-0.05, 0) is 26.0 Å². The second kappa shape index (κ2) is 5.26. The van der Waals surface area contributed by atoms with E-state index in [0.717, 1.165) is 18.8 Å². The maximum absolute atomic E-state index is 6.99. The van der Waals surface area contributed by atoms with Crippen molar-refractivity contribution in [2.45, 2.75) is 13.8 Å². The van der Waals surface area contributed by atoms with Crippen molar-refractivity contribution >= 4 is 11.4 Å². The van der Waals surface area contributed by atoms with Gasteiger partial charge in [0.05, 0.1) is 13.7 Å². The summed E-state index contributed by atoms with van der Waals surface area (Å²) in [6.45, 7) is 13.1. The lowest BCUT2D eigenvalue weighted by atomic mass is 10.2. The van der Waals surface area contributed by atoms with Crippen LogP contribution in [-0.2, 0) is 0 Å². The molecule has 0 aliphatic rings. The van der Waals surface area contributed by atoms with E-state index < -0.39 is 0 Å². The van der Waals surface area contributed by atoms with Gasteiger partial charge in [0, 0.05) is 18.8 Å². The highest BCUT2D eigenvalue weighted by molar-refractivity contribution is 5.65. The average molecular weight is 204 g/mol. The molecule has 0 saturated carbocycles. The molecule has 0 N–H and O–H groups in total. The Hall–Kier alpha value is -1.69. The van der Waals surface area contributed by atoms with Crippen molar-refractivity contribution in [1.82, 2.24) is 0 Å². The molecule has 1 aromatic rings. The number of rotatable bonds is 4. The monoisotopic (exact) mass is 204 g/mol. The van der Waals surface area contributed by atoms with Crippen LogP contribution in [0.1, 0.15) is 13.8 Å². The standard InChI is InChI=1S/C12H16N2O/c1-5-14(6-2)10-7-8-11(13-3)12(9-10)15-4/h7-9H,5-6H2,1-2,4H3. The molecule has 80 valence electrons. The molecule has 0 fully saturated rings. The van der Waals surface area contributed by atoms with Gasteiger partial charge in [-0.15, -0.1) is 0 Å². The third kappa shape index (κ3) is 2.41. The summed E-state index contributed by atoms with van der Waals surface area (Å²) < 4.78 is 5.18. The number of benzene rings is 1. The van der Waals surface area contributed by atoms with Crippen molar-refractivity contribution in [3.63, 3.8) is 0 Å². The van der Waals surface area contributed by atoms with Gasteiger partial charge >= 0.3 is 0 Å². The maximum Gasteiger partial charge on any atom is 0.228 e. The van der Waals surface area contributed by atoms with Gasteiger partial charge in [-0.25, -0.2) is 4.85 Å². The van der Waals surface area contributed by atoms with E-state index in [1.54, 1.807) is 13.2 Å². The third-order valence-corrected chi connectivity index (χ3v) is 2.41. The van der Waals surface area contributed by atoms with E-state index in [4.69, 9.17) is 11.3 Å². The zero-order valence-corrected chi connectivity index (χ0v) is 9.45. The van der Waals surface area contributed by atoms with Crippen molar-refractivity contribution in [2.24, 2.45) is 0 Å². The van der Waals surface area contributed by atoms with Gasteiger partial charge in [-0.1, -0.05) is 6.07 Å². The van der Waals surface area contributed by atoms with E-state index in [1.165, 1.54) is 0 Å². The molecule has 3 nitrogen and oxygen atoms in total. The van der Waals surface area contributed by atoms with E-state index >= 15 is 0 Å². The lowest BCUT2D eigenvalue weighted by Gasteiger charge is -2.21. The molecule has 0 bridgehead atoms. The lowest BCUT2D eigenvalue weighted by molar-refractivity contribution is 0.417. The third-order valence-electron chi connectivity index (χ3n) is 2.41. The van der Waals surface area contributed by atoms with Gasteiger partial charge in [0.1, 0.15) is 5.75 Å². The van der Waals surface area contributed by atoms with Crippen LogP contribution in [0.3, 0.4) is 0 Å². The maximum atomic E-state index is 6.99. The largest absolute Gasteiger partial charge is 0.508 e. The minimum atomic E-state index is 0.563. The van der Waals surface area contributed by atoms with Crippen LogP contribution in [0.2, 0.25) is 0 Å². The molecular weight excluding hydrogens is 188 g/mol. The van der Waals surface area contributed by atoms with Gasteiger partial charge in [-0.3, -0.25) is 0 Å². The summed E-state index contributed by atoms with van der Waals surface area (Å²) >= 11 is 0.